The molecule has 1 amide bonds. The molecule has 3 aromatic rings. The van der Waals surface area contributed by atoms with E-state index in [4.69, 9.17) is 0 Å². The lowest BCUT2D eigenvalue weighted by Gasteiger charge is -2.12. The minimum Gasteiger partial charge on any atom is -0.354 e. The van der Waals surface area contributed by atoms with E-state index in [0.29, 0.717) is 16.6 Å². The van der Waals surface area contributed by atoms with E-state index in [-0.39, 0.29) is 12.5 Å². The summed E-state index contributed by atoms with van der Waals surface area (Å²) in [5.74, 6) is -0.130. The number of anilines is 1. The lowest BCUT2D eigenvalue weighted by molar-refractivity contribution is -0.118. The molecule has 22 heavy (non-hydrogen) atoms. The third kappa shape index (κ3) is 3.07. The molecule has 0 aliphatic carbocycles. The fraction of sp³-hybridized carbons (Fsp3) is 0.214. The van der Waals surface area contributed by atoms with E-state index in [9.17, 15) is 10.0 Å². The normalized spacial score (nSPS) is 10.8. The van der Waals surface area contributed by atoms with Crippen molar-refractivity contribution in [2.24, 2.45) is 0 Å². The van der Waals surface area contributed by atoms with Crippen LogP contribution >= 0.6 is 11.3 Å². The lowest BCUT2D eigenvalue weighted by atomic mass is 10.2. The summed E-state index contributed by atoms with van der Waals surface area (Å²) in [4.78, 5) is 16.0. The molecular formula is C14H15N5O2S. The van der Waals surface area contributed by atoms with E-state index in [1.807, 2.05) is 36.5 Å². The van der Waals surface area contributed by atoms with E-state index in [0.717, 1.165) is 16.3 Å². The summed E-state index contributed by atoms with van der Waals surface area (Å²) in [7, 11) is 0. The predicted molar refractivity (Wildman–Crippen MR) is 84.1 cm³/mol. The fourth-order valence-corrected chi connectivity index (χ4v) is 2.80. The maximum absolute atomic E-state index is 10.8. The van der Waals surface area contributed by atoms with Gasteiger partial charge in [0.15, 0.2) is 0 Å². The molecule has 2 heterocycles. The van der Waals surface area contributed by atoms with Crippen molar-refractivity contribution in [3.8, 4) is 11.3 Å². The van der Waals surface area contributed by atoms with Crippen molar-refractivity contribution < 1.29 is 10.0 Å². The number of nitrogens with one attached hydrogen (secondary N) is 1. The maximum atomic E-state index is 10.8. The molecule has 0 spiro atoms. The van der Waals surface area contributed by atoms with Crippen molar-refractivity contribution in [1.29, 1.82) is 0 Å². The van der Waals surface area contributed by atoms with Crippen LogP contribution in [0.2, 0.25) is 0 Å². The Labute approximate surface area is 130 Å². The standard InChI is InChI=1S/C14H15N5O2S/c1-10(20)15-7-8-19(21)14-17-18-9-12(16-13(18)22-14)11-5-3-2-4-6-11/h2-6,9,21H,7-8H2,1H3,(H,15,20). The topological polar surface area (TPSA) is 82.8 Å². The summed E-state index contributed by atoms with van der Waals surface area (Å²) in [5, 5.41) is 18.3. The Kier molecular flexibility index (Phi) is 4.03. The Morgan fingerprint density at radius 2 is 2.18 bits per heavy atom. The molecule has 0 radical (unpaired) electrons. The Hall–Kier alpha value is -2.45. The van der Waals surface area contributed by atoms with Crippen LogP contribution in [-0.2, 0) is 4.79 Å². The van der Waals surface area contributed by atoms with Crippen LogP contribution in [-0.4, -0.2) is 38.8 Å². The molecular weight excluding hydrogens is 302 g/mol. The minimum absolute atomic E-state index is 0.130. The Morgan fingerprint density at radius 1 is 1.41 bits per heavy atom. The van der Waals surface area contributed by atoms with Gasteiger partial charge in [0.25, 0.3) is 0 Å². The molecule has 1 aromatic carbocycles. The van der Waals surface area contributed by atoms with Crippen LogP contribution in [0.5, 0.6) is 0 Å². The molecule has 0 atom stereocenters. The largest absolute Gasteiger partial charge is 0.354 e. The fourth-order valence-electron chi connectivity index (χ4n) is 1.98. The quantitative estimate of drug-likeness (QED) is 0.701. The highest BCUT2D eigenvalue weighted by molar-refractivity contribution is 7.20. The van der Waals surface area contributed by atoms with Crippen LogP contribution in [0.15, 0.2) is 36.5 Å². The van der Waals surface area contributed by atoms with Crippen molar-refractivity contribution >= 4 is 27.3 Å². The van der Waals surface area contributed by atoms with Crippen molar-refractivity contribution in [3.05, 3.63) is 36.5 Å². The van der Waals surface area contributed by atoms with Crippen molar-refractivity contribution in [2.45, 2.75) is 6.92 Å². The number of hydroxylamine groups is 1. The van der Waals surface area contributed by atoms with E-state index in [2.05, 4.69) is 15.4 Å². The highest BCUT2D eigenvalue weighted by Gasteiger charge is 2.13. The summed E-state index contributed by atoms with van der Waals surface area (Å²) in [5.41, 5.74) is 1.86. The van der Waals surface area contributed by atoms with Crippen molar-refractivity contribution in [3.63, 3.8) is 0 Å². The average molecular weight is 317 g/mol. The summed E-state index contributed by atoms with van der Waals surface area (Å²) in [6, 6.07) is 9.84. The molecule has 0 bridgehead atoms. The van der Waals surface area contributed by atoms with Gasteiger partial charge in [0, 0.05) is 19.0 Å². The van der Waals surface area contributed by atoms with Gasteiger partial charge in [-0.3, -0.25) is 10.0 Å². The number of rotatable bonds is 5. The number of carbonyl (C=O) groups excluding carboxylic acids is 1. The third-order valence-corrected chi connectivity index (χ3v) is 3.96. The lowest BCUT2D eigenvalue weighted by Crippen LogP contribution is -2.31. The second-order valence-corrected chi connectivity index (χ2v) is 5.64. The van der Waals surface area contributed by atoms with Gasteiger partial charge in [0.1, 0.15) is 0 Å². The molecule has 0 fully saturated rings. The second kappa shape index (κ2) is 6.12. The summed E-state index contributed by atoms with van der Waals surface area (Å²) >= 11 is 1.28. The monoisotopic (exact) mass is 317 g/mol. The molecule has 2 N–H and O–H groups in total. The average Bonchev–Trinajstić information content (AvgIpc) is 3.06. The Bertz CT molecular complexity index is 751. The van der Waals surface area contributed by atoms with Gasteiger partial charge in [-0.2, -0.15) is 0 Å². The second-order valence-electron chi connectivity index (χ2n) is 4.71. The highest BCUT2D eigenvalue weighted by atomic mass is 32.1. The molecule has 7 nitrogen and oxygen atoms in total. The van der Waals surface area contributed by atoms with Gasteiger partial charge in [-0.1, -0.05) is 41.7 Å². The van der Waals surface area contributed by atoms with Crippen molar-refractivity contribution in [2.75, 3.05) is 18.2 Å². The first kappa shape index (κ1) is 14.5. The number of hydrogen-bond acceptors (Lipinski definition) is 6. The number of amides is 1. The van der Waals surface area contributed by atoms with Gasteiger partial charge in [0.2, 0.25) is 16.0 Å². The van der Waals surface area contributed by atoms with Gasteiger partial charge in [-0.25, -0.2) is 14.6 Å². The molecule has 3 rings (SSSR count). The first-order chi connectivity index (χ1) is 10.6. The number of hydrogen-bond donors (Lipinski definition) is 2. The van der Waals surface area contributed by atoms with Crippen LogP contribution < -0.4 is 10.4 Å². The van der Waals surface area contributed by atoms with Crippen LogP contribution in [0.25, 0.3) is 16.2 Å². The SMILES string of the molecule is CC(=O)NCCN(O)c1nn2cc(-c3ccccc3)nc2s1. The number of nitrogens with zero attached hydrogens (tertiary/aromatic N) is 4. The highest BCUT2D eigenvalue weighted by Crippen LogP contribution is 2.25. The van der Waals surface area contributed by atoms with Gasteiger partial charge >= 0.3 is 0 Å². The maximum Gasteiger partial charge on any atom is 0.231 e. The molecule has 114 valence electrons. The number of benzene rings is 1. The molecule has 0 saturated carbocycles. The molecule has 0 saturated heterocycles. The first-order valence-electron chi connectivity index (χ1n) is 6.76. The molecule has 0 unspecified atom stereocenters. The zero-order chi connectivity index (χ0) is 15.5. The number of fused-ring (bicyclic) bond motifs is 1. The zero-order valence-electron chi connectivity index (χ0n) is 11.9. The third-order valence-electron chi connectivity index (χ3n) is 3.02. The van der Waals surface area contributed by atoms with E-state index < -0.39 is 0 Å². The Morgan fingerprint density at radius 3 is 2.86 bits per heavy atom. The number of imidazole rings is 1. The number of aromatic nitrogens is 3. The zero-order valence-corrected chi connectivity index (χ0v) is 12.7. The summed E-state index contributed by atoms with van der Waals surface area (Å²) in [6.45, 7) is 2.05. The van der Waals surface area contributed by atoms with Gasteiger partial charge < -0.3 is 5.32 Å². The number of carbonyl (C=O) groups is 1. The van der Waals surface area contributed by atoms with Gasteiger partial charge in [-0.15, -0.1) is 5.10 Å². The molecule has 2 aromatic heterocycles. The predicted octanol–water partition coefficient (Wildman–Crippen LogP) is 1.79. The van der Waals surface area contributed by atoms with E-state index >= 15 is 0 Å². The van der Waals surface area contributed by atoms with Crippen LogP contribution in [0, 0.1) is 0 Å². The van der Waals surface area contributed by atoms with Crippen LogP contribution in [0.1, 0.15) is 6.92 Å². The smallest absolute Gasteiger partial charge is 0.231 e. The van der Waals surface area contributed by atoms with Gasteiger partial charge in [-0.05, 0) is 0 Å². The van der Waals surface area contributed by atoms with Crippen LogP contribution in [0.3, 0.4) is 0 Å². The molecule has 0 aliphatic rings. The van der Waals surface area contributed by atoms with E-state index in [1.165, 1.54) is 18.3 Å². The summed E-state index contributed by atoms with van der Waals surface area (Å²) in [6.07, 6.45) is 1.83. The minimum atomic E-state index is -0.130. The molecule has 0 aliphatic heterocycles. The van der Waals surface area contributed by atoms with Crippen molar-refractivity contribution in [1.82, 2.24) is 19.9 Å². The first-order valence-corrected chi connectivity index (χ1v) is 7.57. The van der Waals surface area contributed by atoms with Crippen LogP contribution in [0.4, 0.5) is 5.13 Å². The van der Waals surface area contributed by atoms with Gasteiger partial charge in [0.05, 0.1) is 18.4 Å². The van der Waals surface area contributed by atoms with E-state index in [1.54, 1.807) is 4.52 Å². The Balaban J connectivity index is 1.74. The summed E-state index contributed by atoms with van der Waals surface area (Å²) < 4.78 is 1.64. The molecule has 8 heteroatoms.